The molecule has 26 heavy (non-hydrogen) atoms. The maximum atomic E-state index is 13.7. The molecule has 0 radical (unpaired) electrons. The summed E-state index contributed by atoms with van der Waals surface area (Å²) in [5.41, 5.74) is 3.57. The highest BCUT2D eigenvalue weighted by Crippen LogP contribution is 2.35. The number of amides is 1. The van der Waals surface area contributed by atoms with Gasteiger partial charge in [0.1, 0.15) is 11.6 Å². The van der Waals surface area contributed by atoms with Gasteiger partial charge in [-0.05, 0) is 42.5 Å². The zero-order valence-corrected chi connectivity index (χ0v) is 13.5. The minimum atomic E-state index is -0.489. The van der Waals surface area contributed by atoms with Gasteiger partial charge in [0.05, 0.1) is 23.8 Å². The first-order valence-electron chi connectivity index (χ1n) is 7.94. The van der Waals surface area contributed by atoms with Crippen LogP contribution in [0.1, 0.15) is 16.8 Å². The van der Waals surface area contributed by atoms with Gasteiger partial charge in [-0.2, -0.15) is 0 Å². The molecule has 4 rings (SSSR count). The second-order valence-electron chi connectivity index (χ2n) is 5.87. The van der Waals surface area contributed by atoms with Crippen LogP contribution < -0.4 is 10.6 Å². The van der Waals surface area contributed by atoms with Crippen molar-refractivity contribution < 1.29 is 13.6 Å². The largest absolute Gasteiger partial charge is 0.381 e. The lowest BCUT2D eigenvalue weighted by Crippen LogP contribution is -2.03. The summed E-state index contributed by atoms with van der Waals surface area (Å²) in [7, 11) is 0. The predicted molar refractivity (Wildman–Crippen MR) is 95.2 cm³/mol. The van der Waals surface area contributed by atoms with E-state index in [0.29, 0.717) is 22.6 Å². The number of benzene rings is 2. The number of rotatable bonds is 4. The van der Waals surface area contributed by atoms with Crippen molar-refractivity contribution in [2.75, 3.05) is 10.6 Å². The van der Waals surface area contributed by atoms with Gasteiger partial charge in [-0.25, -0.2) is 13.8 Å². The average Bonchev–Trinajstić information content (AvgIpc) is 3.24. The van der Waals surface area contributed by atoms with Crippen molar-refractivity contribution >= 4 is 28.9 Å². The van der Waals surface area contributed by atoms with E-state index in [-0.39, 0.29) is 18.0 Å². The molecule has 3 aromatic rings. The number of anilines is 2. The average molecular weight is 352 g/mol. The number of nitrogens with zero attached hydrogens (tertiary/aromatic N) is 1. The molecule has 0 saturated heterocycles. The van der Waals surface area contributed by atoms with Crippen molar-refractivity contribution in [1.29, 1.82) is 0 Å². The van der Waals surface area contributed by atoms with E-state index in [1.807, 2.05) is 0 Å². The van der Waals surface area contributed by atoms with E-state index in [2.05, 4.69) is 20.6 Å². The molecule has 0 fully saturated rings. The molecule has 1 aromatic heterocycles. The Labute approximate surface area is 147 Å². The van der Waals surface area contributed by atoms with E-state index < -0.39 is 11.6 Å². The molecular weight excluding hydrogens is 338 g/mol. The SMILES string of the molecule is O=C1Nc2ccc(NCc3cc(F)ccc3F)cc2C1=Cc1cnc[nH]1. The molecule has 1 aliphatic rings. The summed E-state index contributed by atoms with van der Waals surface area (Å²) >= 11 is 0. The van der Waals surface area contributed by atoms with Gasteiger partial charge in [-0.1, -0.05) is 0 Å². The molecule has 0 unspecified atom stereocenters. The third kappa shape index (κ3) is 3.06. The minimum Gasteiger partial charge on any atom is -0.381 e. The molecule has 0 bridgehead atoms. The Hall–Kier alpha value is -3.48. The molecule has 0 aliphatic carbocycles. The van der Waals surface area contributed by atoms with Crippen LogP contribution in [0.2, 0.25) is 0 Å². The summed E-state index contributed by atoms with van der Waals surface area (Å²) in [6.07, 6.45) is 4.86. The van der Waals surface area contributed by atoms with E-state index in [0.717, 1.165) is 23.8 Å². The number of halogens is 2. The van der Waals surface area contributed by atoms with Gasteiger partial charge in [0.25, 0.3) is 5.91 Å². The Bertz CT molecular complexity index is 1010. The molecule has 130 valence electrons. The Morgan fingerprint density at radius 1 is 1.15 bits per heavy atom. The maximum absolute atomic E-state index is 13.7. The monoisotopic (exact) mass is 352 g/mol. The topological polar surface area (TPSA) is 69.8 Å². The fourth-order valence-electron chi connectivity index (χ4n) is 2.82. The molecule has 1 amide bonds. The second kappa shape index (κ2) is 6.44. The van der Waals surface area contributed by atoms with Crippen LogP contribution in [0.5, 0.6) is 0 Å². The molecule has 7 heteroatoms. The molecule has 0 saturated carbocycles. The molecule has 2 aromatic carbocycles. The zero-order valence-electron chi connectivity index (χ0n) is 13.5. The third-order valence-corrected chi connectivity index (χ3v) is 4.11. The molecule has 2 heterocycles. The van der Waals surface area contributed by atoms with Crippen molar-refractivity contribution in [3.8, 4) is 0 Å². The molecule has 3 N–H and O–H groups in total. The van der Waals surface area contributed by atoms with Crippen LogP contribution in [0.15, 0.2) is 48.9 Å². The van der Waals surface area contributed by atoms with Gasteiger partial charge in [0.15, 0.2) is 0 Å². The van der Waals surface area contributed by atoms with E-state index in [4.69, 9.17) is 0 Å². The molecule has 0 spiro atoms. The van der Waals surface area contributed by atoms with E-state index >= 15 is 0 Å². The van der Waals surface area contributed by atoms with Gasteiger partial charge in [0.2, 0.25) is 0 Å². The lowest BCUT2D eigenvalue weighted by atomic mass is 10.1. The number of hydrogen-bond donors (Lipinski definition) is 3. The lowest BCUT2D eigenvalue weighted by Gasteiger charge is -2.09. The standard InChI is InChI=1S/C19H14F2N4O/c20-12-1-3-17(21)11(5-12)8-23-13-2-4-18-15(6-13)16(19(26)25-18)7-14-9-22-10-24-14/h1-7,9-10,23H,8H2,(H,22,24)(H,25,26). The fraction of sp³-hybridized carbons (Fsp3) is 0.0526. The number of carbonyl (C=O) groups excluding carboxylic acids is 1. The normalized spacial score (nSPS) is 14.4. The van der Waals surface area contributed by atoms with E-state index in [1.54, 1.807) is 30.5 Å². The Morgan fingerprint density at radius 2 is 2.04 bits per heavy atom. The summed E-state index contributed by atoms with van der Waals surface area (Å²) in [6.45, 7) is 0.128. The first-order valence-corrected chi connectivity index (χ1v) is 7.94. The van der Waals surface area contributed by atoms with Crippen LogP contribution in [0.3, 0.4) is 0 Å². The molecular formula is C19H14F2N4O. The van der Waals surface area contributed by atoms with E-state index in [1.165, 1.54) is 6.33 Å². The molecule has 0 atom stereocenters. The van der Waals surface area contributed by atoms with Crippen LogP contribution in [0, 0.1) is 11.6 Å². The third-order valence-electron chi connectivity index (χ3n) is 4.11. The first kappa shape index (κ1) is 16.0. The lowest BCUT2D eigenvalue weighted by molar-refractivity contribution is -0.110. The smallest absolute Gasteiger partial charge is 0.256 e. The van der Waals surface area contributed by atoms with Gasteiger partial charge < -0.3 is 15.6 Å². The minimum absolute atomic E-state index is 0.128. The highest BCUT2D eigenvalue weighted by Gasteiger charge is 2.24. The number of aromatic nitrogens is 2. The van der Waals surface area contributed by atoms with Gasteiger partial charge >= 0.3 is 0 Å². The van der Waals surface area contributed by atoms with Crippen LogP contribution >= 0.6 is 0 Å². The summed E-state index contributed by atoms with van der Waals surface area (Å²) in [6, 6.07) is 8.68. The number of carbonyl (C=O) groups is 1. The van der Waals surface area contributed by atoms with Crippen LogP contribution in [0.4, 0.5) is 20.2 Å². The number of fused-ring (bicyclic) bond motifs is 1. The fourth-order valence-corrected chi connectivity index (χ4v) is 2.82. The zero-order chi connectivity index (χ0) is 18.1. The summed E-state index contributed by atoms with van der Waals surface area (Å²) in [5.74, 6) is -1.17. The summed E-state index contributed by atoms with van der Waals surface area (Å²) in [5, 5.41) is 5.86. The van der Waals surface area contributed by atoms with Gasteiger partial charge in [0, 0.05) is 29.0 Å². The number of nitrogens with one attached hydrogen (secondary N) is 3. The Kier molecular flexibility index (Phi) is 3.96. The number of imidazole rings is 1. The first-order chi connectivity index (χ1) is 12.6. The number of hydrogen-bond acceptors (Lipinski definition) is 3. The summed E-state index contributed by atoms with van der Waals surface area (Å²) in [4.78, 5) is 19.1. The highest BCUT2D eigenvalue weighted by atomic mass is 19.1. The van der Waals surface area contributed by atoms with Crippen molar-refractivity contribution in [2.45, 2.75) is 6.54 Å². The van der Waals surface area contributed by atoms with Crippen molar-refractivity contribution in [2.24, 2.45) is 0 Å². The molecule has 1 aliphatic heterocycles. The van der Waals surface area contributed by atoms with Gasteiger partial charge in [-0.15, -0.1) is 0 Å². The number of aromatic amines is 1. The van der Waals surface area contributed by atoms with Crippen molar-refractivity contribution in [1.82, 2.24) is 9.97 Å². The maximum Gasteiger partial charge on any atom is 0.256 e. The summed E-state index contributed by atoms with van der Waals surface area (Å²) < 4.78 is 27.0. The van der Waals surface area contributed by atoms with Crippen LogP contribution in [-0.2, 0) is 11.3 Å². The quantitative estimate of drug-likeness (QED) is 0.626. The van der Waals surface area contributed by atoms with Crippen molar-refractivity contribution in [3.05, 3.63) is 77.4 Å². The molecule has 5 nitrogen and oxygen atoms in total. The van der Waals surface area contributed by atoms with Crippen LogP contribution in [-0.4, -0.2) is 15.9 Å². The Morgan fingerprint density at radius 3 is 2.85 bits per heavy atom. The van der Waals surface area contributed by atoms with Crippen molar-refractivity contribution in [3.63, 3.8) is 0 Å². The van der Waals surface area contributed by atoms with E-state index in [9.17, 15) is 13.6 Å². The van der Waals surface area contributed by atoms with Gasteiger partial charge in [-0.3, -0.25) is 4.79 Å². The Balaban J connectivity index is 1.60. The predicted octanol–water partition coefficient (Wildman–Crippen LogP) is 3.79. The highest BCUT2D eigenvalue weighted by molar-refractivity contribution is 6.35. The van der Waals surface area contributed by atoms with Crippen LogP contribution in [0.25, 0.3) is 11.6 Å². The number of H-pyrrole nitrogens is 1. The second-order valence-corrected chi connectivity index (χ2v) is 5.87.